The smallest absolute Gasteiger partial charge is 0.0802 e. The van der Waals surface area contributed by atoms with Gasteiger partial charge in [-0.2, -0.15) is 0 Å². The number of alkyl halides is 1. The Hall–Kier alpha value is 0.210. The molecule has 0 aromatic rings. The predicted molar refractivity (Wildman–Crippen MR) is 33.4 cm³/mol. The van der Waals surface area contributed by atoms with Gasteiger partial charge in [-0.25, -0.2) is 0 Å². The van der Waals surface area contributed by atoms with E-state index in [4.69, 9.17) is 21.1 Å². The third-order valence-corrected chi connectivity index (χ3v) is 0.947. The molecule has 0 aliphatic carbocycles. The summed E-state index contributed by atoms with van der Waals surface area (Å²) in [6.07, 6.45) is 0. The van der Waals surface area contributed by atoms with Crippen molar-refractivity contribution in [3.63, 3.8) is 0 Å². The average Bonchev–Trinajstić information content (AvgIpc) is 1.68. The van der Waals surface area contributed by atoms with Crippen molar-refractivity contribution in [1.29, 1.82) is 0 Å². The van der Waals surface area contributed by atoms with E-state index in [1.165, 1.54) is 0 Å². The van der Waals surface area contributed by atoms with Crippen LogP contribution in [-0.4, -0.2) is 32.8 Å². The van der Waals surface area contributed by atoms with Crippen LogP contribution in [-0.2, 0) is 9.47 Å². The Morgan fingerprint density at radius 1 is 1.25 bits per heavy atom. The molecular weight excluding hydrogens is 128 g/mol. The Bertz CT molecular complexity index is 43.7. The predicted octanol–water partition coefficient (Wildman–Crippen LogP) is 0.887. The van der Waals surface area contributed by atoms with Gasteiger partial charge in [-0.3, -0.25) is 0 Å². The molecule has 0 amide bonds. The van der Waals surface area contributed by atoms with Crippen molar-refractivity contribution < 1.29 is 9.47 Å². The van der Waals surface area contributed by atoms with Crippen LogP contribution in [0.15, 0.2) is 0 Å². The van der Waals surface area contributed by atoms with E-state index in [0.717, 1.165) is 0 Å². The molecule has 0 aromatic carbocycles. The SMILES string of the molecule is COCC(Cl)COC. The van der Waals surface area contributed by atoms with E-state index in [1.807, 2.05) is 0 Å². The average molecular weight is 139 g/mol. The van der Waals surface area contributed by atoms with E-state index in [2.05, 4.69) is 0 Å². The highest BCUT2D eigenvalue weighted by atomic mass is 35.5. The Morgan fingerprint density at radius 2 is 1.62 bits per heavy atom. The summed E-state index contributed by atoms with van der Waals surface area (Å²) in [5.74, 6) is 0. The molecule has 0 atom stereocenters. The first-order chi connectivity index (χ1) is 3.81. The summed E-state index contributed by atoms with van der Waals surface area (Å²) in [4.78, 5) is 0. The van der Waals surface area contributed by atoms with Gasteiger partial charge < -0.3 is 9.47 Å². The Balaban J connectivity index is 2.92. The molecule has 0 radical (unpaired) electrons. The minimum absolute atomic E-state index is 0.00926. The molecule has 0 unspecified atom stereocenters. The lowest BCUT2D eigenvalue weighted by Crippen LogP contribution is -2.13. The van der Waals surface area contributed by atoms with Gasteiger partial charge in [0.15, 0.2) is 0 Å². The molecule has 0 bridgehead atoms. The van der Waals surface area contributed by atoms with Crippen molar-refractivity contribution in [2.24, 2.45) is 0 Å². The first-order valence-corrected chi connectivity index (χ1v) is 2.86. The Labute approximate surface area is 54.7 Å². The Morgan fingerprint density at radius 3 is 1.88 bits per heavy atom. The van der Waals surface area contributed by atoms with Gasteiger partial charge in [0.25, 0.3) is 0 Å². The first-order valence-electron chi connectivity index (χ1n) is 2.43. The molecule has 0 saturated carbocycles. The van der Waals surface area contributed by atoms with Crippen LogP contribution >= 0.6 is 11.6 Å². The number of methoxy groups -OCH3 is 2. The van der Waals surface area contributed by atoms with Gasteiger partial charge >= 0.3 is 0 Å². The van der Waals surface area contributed by atoms with Crippen molar-refractivity contribution in [1.82, 2.24) is 0 Å². The lowest BCUT2D eigenvalue weighted by Gasteiger charge is -2.04. The maximum absolute atomic E-state index is 5.63. The molecule has 3 heteroatoms. The minimum Gasteiger partial charge on any atom is -0.383 e. The second-order valence-electron chi connectivity index (χ2n) is 1.51. The van der Waals surface area contributed by atoms with Gasteiger partial charge in [-0.15, -0.1) is 11.6 Å². The quantitative estimate of drug-likeness (QED) is 0.538. The summed E-state index contributed by atoms with van der Waals surface area (Å²) < 4.78 is 9.49. The maximum atomic E-state index is 5.63. The van der Waals surface area contributed by atoms with Gasteiger partial charge in [0.05, 0.1) is 18.6 Å². The molecule has 50 valence electrons. The fraction of sp³-hybridized carbons (Fsp3) is 1.00. The highest BCUT2D eigenvalue weighted by Gasteiger charge is 2.00. The van der Waals surface area contributed by atoms with Gasteiger partial charge in [0.1, 0.15) is 0 Å². The molecule has 0 aliphatic rings. The van der Waals surface area contributed by atoms with Crippen molar-refractivity contribution in [3.05, 3.63) is 0 Å². The van der Waals surface area contributed by atoms with Crippen LogP contribution < -0.4 is 0 Å². The van der Waals surface area contributed by atoms with Crippen LogP contribution in [0.4, 0.5) is 0 Å². The third kappa shape index (κ3) is 4.37. The molecule has 2 nitrogen and oxygen atoms in total. The first kappa shape index (κ1) is 8.21. The highest BCUT2D eigenvalue weighted by molar-refractivity contribution is 6.20. The lowest BCUT2D eigenvalue weighted by atomic mass is 10.5. The second kappa shape index (κ2) is 5.35. The van der Waals surface area contributed by atoms with Crippen LogP contribution in [0.3, 0.4) is 0 Å². The van der Waals surface area contributed by atoms with E-state index in [9.17, 15) is 0 Å². The standard InChI is InChI=1S/C5H11ClO2/c1-7-3-5(6)4-8-2/h5H,3-4H2,1-2H3. The zero-order valence-corrected chi connectivity index (χ0v) is 5.94. The topological polar surface area (TPSA) is 18.5 Å². The summed E-state index contributed by atoms with van der Waals surface area (Å²) >= 11 is 5.63. The third-order valence-electron chi connectivity index (χ3n) is 0.695. The summed E-state index contributed by atoms with van der Waals surface area (Å²) in [5.41, 5.74) is 0. The number of halogens is 1. The maximum Gasteiger partial charge on any atom is 0.0802 e. The van der Waals surface area contributed by atoms with E-state index in [0.29, 0.717) is 13.2 Å². The summed E-state index contributed by atoms with van der Waals surface area (Å²) in [6.45, 7) is 1.10. The molecule has 0 heterocycles. The second-order valence-corrected chi connectivity index (χ2v) is 2.13. The monoisotopic (exact) mass is 138 g/mol. The molecule has 0 saturated heterocycles. The van der Waals surface area contributed by atoms with E-state index < -0.39 is 0 Å². The van der Waals surface area contributed by atoms with Crippen molar-refractivity contribution >= 4 is 11.6 Å². The highest BCUT2D eigenvalue weighted by Crippen LogP contribution is 1.94. The van der Waals surface area contributed by atoms with Crippen molar-refractivity contribution in [2.75, 3.05) is 27.4 Å². The molecule has 0 rings (SSSR count). The molecule has 0 N–H and O–H groups in total. The normalized spacial score (nSPS) is 10.5. The van der Waals surface area contributed by atoms with E-state index in [1.54, 1.807) is 14.2 Å². The molecule has 0 aliphatic heterocycles. The van der Waals surface area contributed by atoms with Gasteiger partial charge in [-0.1, -0.05) is 0 Å². The van der Waals surface area contributed by atoms with Crippen LogP contribution in [0.5, 0.6) is 0 Å². The van der Waals surface area contributed by atoms with Crippen molar-refractivity contribution in [2.45, 2.75) is 5.38 Å². The van der Waals surface area contributed by atoms with Crippen LogP contribution in [0, 0.1) is 0 Å². The largest absolute Gasteiger partial charge is 0.383 e. The zero-order chi connectivity index (χ0) is 6.41. The van der Waals surface area contributed by atoms with E-state index in [-0.39, 0.29) is 5.38 Å². The van der Waals surface area contributed by atoms with Crippen LogP contribution in [0.25, 0.3) is 0 Å². The number of rotatable bonds is 4. The molecular formula is C5H11ClO2. The molecule has 8 heavy (non-hydrogen) atoms. The fourth-order valence-corrected chi connectivity index (χ4v) is 0.662. The molecule has 0 fully saturated rings. The van der Waals surface area contributed by atoms with Gasteiger partial charge in [0, 0.05) is 14.2 Å². The van der Waals surface area contributed by atoms with Gasteiger partial charge in [0.2, 0.25) is 0 Å². The summed E-state index contributed by atoms with van der Waals surface area (Å²) in [5, 5.41) is -0.00926. The number of hydrogen-bond acceptors (Lipinski definition) is 2. The molecule has 0 aromatic heterocycles. The lowest BCUT2D eigenvalue weighted by molar-refractivity contribution is 0.142. The van der Waals surface area contributed by atoms with Crippen LogP contribution in [0.2, 0.25) is 0 Å². The minimum atomic E-state index is -0.00926. The zero-order valence-electron chi connectivity index (χ0n) is 5.19. The van der Waals surface area contributed by atoms with Crippen LogP contribution in [0.1, 0.15) is 0 Å². The van der Waals surface area contributed by atoms with Crippen molar-refractivity contribution in [3.8, 4) is 0 Å². The fourth-order valence-electron chi connectivity index (χ4n) is 0.410. The summed E-state index contributed by atoms with van der Waals surface area (Å²) in [7, 11) is 3.23. The summed E-state index contributed by atoms with van der Waals surface area (Å²) in [6, 6.07) is 0. The number of ether oxygens (including phenoxy) is 2. The number of hydrogen-bond donors (Lipinski definition) is 0. The molecule has 0 spiro atoms. The van der Waals surface area contributed by atoms with Gasteiger partial charge in [-0.05, 0) is 0 Å². The Kier molecular flexibility index (Phi) is 5.49. The van der Waals surface area contributed by atoms with E-state index >= 15 is 0 Å².